The normalized spacial score (nSPS) is 12.6. The summed E-state index contributed by atoms with van der Waals surface area (Å²) < 4.78 is 0. The summed E-state index contributed by atoms with van der Waals surface area (Å²) in [6.07, 6.45) is -0.0207. The number of carboxylic acids is 5. The van der Waals surface area contributed by atoms with Crippen molar-refractivity contribution in [2.24, 2.45) is 5.73 Å². The molecule has 0 saturated heterocycles. The third-order valence-electron chi connectivity index (χ3n) is 4.53. The van der Waals surface area contributed by atoms with E-state index in [2.05, 4.69) is 16.0 Å². The summed E-state index contributed by atoms with van der Waals surface area (Å²) in [5.74, 6) is -8.34. The van der Waals surface area contributed by atoms with Crippen molar-refractivity contribution in [3.63, 3.8) is 0 Å². The number of rotatable bonds is 17. The second kappa shape index (κ2) is 14.6. The molecular formula is C20H26N4O11S. The molecular weight excluding hydrogens is 504 g/mol. The van der Waals surface area contributed by atoms with Crippen molar-refractivity contribution in [3.05, 3.63) is 29.8 Å². The van der Waals surface area contributed by atoms with E-state index < -0.39 is 66.5 Å². The molecule has 0 aliphatic rings. The van der Waals surface area contributed by atoms with Crippen molar-refractivity contribution >= 4 is 53.2 Å². The van der Waals surface area contributed by atoms with Gasteiger partial charge in [-0.1, -0.05) is 12.1 Å². The quantitative estimate of drug-likeness (QED) is 0.0980. The van der Waals surface area contributed by atoms with E-state index >= 15 is 0 Å². The average molecular weight is 531 g/mol. The van der Waals surface area contributed by atoms with Crippen LogP contribution in [-0.4, -0.2) is 104 Å². The van der Waals surface area contributed by atoms with Gasteiger partial charge in [0.2, 0.25) is 18.0 Å². The maximum atomic E-state index is 12.0. The molecule has 0 aliphatic heterocycles. The van der Waals surface area contributed by atoms with Crippen molar-refractivity contribution in [1.82, 2.24) is 10.6 Å². The lowest BCUT2D eigenvalue weighted by Crippen LogP contribution is -2.55. The number of nitrogens with one attached hydrogen (secondary N) is 3. The largest absolute Gasteiger partial charge is 0.480 e. The van der Waals surface area contributed by atoms with Gasteiger partial charge in [-0.05, 0) is 24.1 Å². The van der Waals surface area contributed by atoms with Crippen LogP contribution in [0.2, 0.25) is 0 Å². The van der Waals surface area contributed by atoms with Crippen molar-refractivity contribution < 1.29 is 54.3 Å². The molecule has 0 aliphatic carbocycles. The highest BCUT2D eigenvalue weighted by Gasteiger charge is 2.31. The fourth-order valence-electron chi connectivity index (χ4n) is 2.77. The number of hydrogen-bond donors (Lipinski definition) is 9. The first-order chi connectivity index (χ1) is 16.8. The SMILES string of the molecule is NC(CSCC(=O)Nc1ccc(CC(CNC(C(=O)O)C(=O)O)NC(C(=O)O)C(=O)O)cc1)C(=O)O. The van der Waals surface area contributed by atoms with Crippen molar-refractivity contribution in [2.45, 2.75) is 30.6 Å². The number of anilines is 1. The van der Waals surface area contributed by atoms with E-state index in [9.17, 15) is 28.8 Å². The smallest absolute Gasteiger partial charge is 0.332 e. The molecule has 0 spiro atoms. The summed E-state index contributed by atoms with van der Waals surface area (Å²) in [6, 6.07) is -0.0261. The third-order valence-corrected chi connectivity index (χ3v) is 5.59. The summed E-state index contributed by atoms with van der Waals surface area (Å²) in [7, 11) is 0. The van der Waals surface area contributed by atoms with Gasteiger partial charge in [0.25, 0.3) is 0 Å². The van der Waals surface area contributed by atoms with Crippen LogP contribution in [0.15, 0.2) is 24.3 Å². The predicted molar refractivity (Wildman–Crippen MR) is 125 cm³/mol. The van der Waals surface area contributed by atoms with Crippen LogP contribution >= 0.6 is 11.8 Å². The van der Waals surface area contributed by atoms with Crippen LogP contribution < -0.4 is 21.7 Å². The van der Waals surface area contributed by atoms with Gasteiger partial charge in [0.1, 0.15) is 6.04 Å². The van der Waals surface area contributed by atoms with Gasteiger partial charge in [-0.15, -0.1) is 11.8 Å². The molecule has 0 bridgehead atoms. The van der Waals surface area contributed by atoms with E-state index in [-0.39, 0.29) is 17.9 Å². The molecule has 0 aromatic heterocycles. The van der Waals surface area contributed by atoms with Gasteiger partial charge < -0.3 is 36.6 Å². The highest BCUT2D eigenvalue weighted by Crippen LogP contribution is 2.13. The molecule has 198 valence electrons. The van der Waals surface area contributed by atoms with Crippen LogP contribution in [0, 0.1) is 0 Å². The Balaban J connectivity index is 2.84. The summed E-state index contributed by atoms with van der Waals surface area (Å²) in [6.45, 7) is -0.394. The Hall–Kier alpha value is -3.73. The zero-order chi connectivity index (χ0) is 27.4. The second-order valence-electron chi connectivity index (χ2n) is 7.40. The minimum absolute atomic E-state index is 0.0207. The summed E-state index contributed by atoms with van der Waals surface area (Å²) in [5, 5.41) is 52.1. The fourth-order valence-corrected chi connectivity index (χ4v) is 3.54. The molecule has 0 saturated carbocycles. The van der Waals surface area contributed by atoms with Crippen molar-refractivity contribution in [2.75, 3.05) is 23.4 Å². The van der Waals surface area contributed by atoms with Crippen LogP contribution in [0.1, 0.15) is 5.56 Å². The first-order valence-electron chi connectivity index (χ1n) is 10.2. The van der Waals surface area contributed by atoms with Crippen LogP contribution in [0.25, 0.3) is 0 Å². The average Bonchev–Trinajstić information content (AvgIpc) is 2.77. The van der Waals surface area contributed by atoms with Gasteiger partial charge in [0, 0.05) is 24.0 Å². The Morgan fingerprint density at radius 2 is 1.33 bits per heavy atom. The number of hydrogen-bond acceptors (Lipinski definition) is 10. The van der Waals surface area contributed by atoms with E-state index in [1.54, 1.807) is 12.1 Å². The molecule has 0 heterocycles. The molecule has 16 heteroatoms. The Morgan fingerprint density at radius 3 is 1.81 bits per heavy atom. The van der Waals surface area contributed by atoms with Gasteiger partial charge >= 0.3 is 29.8 Å². The topological polar surface area (TPSA) is 266 Å². The van der Waals surface area contributed by atoms with Gasteiger partial charge in [-0.3, -0.25) is 20.2 Å². The fraction of sp³-hybridized carbons (Fsp3) is 0.400. The molecule has 10 N–H and O–H groups in total. The minimum Gasteiger partial charge on any atom is -0.480 e. The number of nitrogens with two attached hydrogens (primary N) is 1. The van der Waals surface area contributed by atoms with Crippen LogP contribution in [0.5, 0.6) is 0 Å². The summed E-state index contributed by atoms with van der Waals surface area (Å²) in [5.41, 5.74) is 6.28. The molecule has 1 aromatic carbocycles. The Labute approximate surface area is 208 Å². The van der Waals surface area contributed by atoms with Gasteiger partial charge in [0.15, 0.2) is 0 Å². The molecule has 2 unspecified atom stereocenters. The molecule has 15 nitrogen and oxygen atoms in total. The van der Waals surface area contributed by atoms with Crippen LogP contribution in [0.3, 0.4) is 0 Å². The lowest BCUT2D eigenvalue weighted by molar-refractivity contribution is -0.153. The van der Waals surface area contributed by atoms with E-state index in [0.29, 0.717) is 11.3 Å². The molecule has 0 fully saturated rings. The van der Waals surface area contributed by atoms with Crippen molar-refractivity contribution in [3.8, 4) is 0 Å². The zero-order valence-corrected chi connectivity index (χ0v) is 19.4. The second-order valence-corrected chi connectivity index (χ2v) is 8.43. The first kappa shape index (κ1) is 30.3. The number of aliphatic carboxylic acids is 5. The number of thioether (sulfide) groups is 1. The van der Waals surface area contributed by atoms with Gasteiger partial charge in [0.05, 0.1) is 5.75 Å². The molecule has 1 aromatic rings. The Morgan fingerprint density at radius 1 is 0.806 bits per heavy atom. The Kier molecular flexibility index (Phi) is 12.3. The summed E-state index contributed by atoms with van der Waals surface area (Å²) in [4.78, 5) is 67.3. The van der Waals surface area contributed by atoms with Crippen LogP contribution in [0.4, 0.5) is 5.69 Å². The molecule has 1 rings (SSSR count). The third kappa shape index (κ3) is 10.7. The summed E-state index contributed by atoms with van der Waals surface area (Å²) >= 11 is 1.04. The van der Waals surface area contributed by atoms with E-state index in [1.165, 1.54) is 12.1 Å². The Bertz CT molecular complexity index is 945. The van der Waals surface area contributed by atoms with Crippen LogP contribution in [-0.2, 0) is 35.2 Å². The maximum Gasteiger partial charge on any atom is 0.332 e. The van der Waals surface area contributed by atoms with E-state index in [0.717, 1.165) is 11.8 Å². The number of carboxylic acid groups (broad SMARTS) is 5. The highest BCUT2D eigenvalue weighted by molar-refractivity contribution is 8.00. The molecule has 36 heavy (non-hydrogen) atoms. The number of benzene rings is 1. The molecule has 1 amide bonds. The lowest BCUT2D eigenvalue weighted by atomic mass is 10.0. The van der Waals surface area contributed by atoms with E-state index in [4.69, 9.17) is 31.3 Å². The van der Waals surface area contributed by atoms with E-state index in [1.807, 2.05) is 0 Å². The first-order valence-corrected chi connectivity index (χ1v) is 11.3. The maximum absolute atomic E-state index is 12.0. The standard InChI is InChI=1S/C20H26N4O11S/c21-12(16(26)27)7-36-8-13(25)23-10-3-1-9(2-4-10)5-11(24-15(19(32)33)20(34)35)6-22-14(17(28)29)18(30)31/h1-4,11-12,14-15,22,24H,5-8,21H2,(H,23,25)(H,26,27)(H,28,29)(H,30,31)(H,32,33)(H,34,35). The minimum atomic E-state index is -2.03. The predicted octanol–water partition coefficient (Wildman–Crippen LogP) is -2.06. The zero-order valence-electron chi connectivity index (χ0n) is 18.6. The number of amides is 1. The number of carbonyl (C=O) groups excluding carboxylic acids is 1. The van der Waals surface area contributed by atoms with Crippen molar-refractivity contribution in [1.29, 1.82) is 0 Å². The monoisotopic (exact) mass is 530 g/mol. The number of carbonyl (C=O) groups is 6. The molecule has 0 radical (unpaired) electrons. The van der Waals surface area contributed by atoms with Gasteiger partial charge in [-0.2, -0.15) is 0 Å². The molecule has 2 atom stereocenters. The highest BCUT2D eigenvalue weighted by atomic mass is 32.2. The van der Waals surface area contributed by atoms with Gasteiger partial charge in [-0.25, -0.2) is 19.2 Å². The lowest BCUT2D eigenvalue weighted by Gasteiger charge is -2.23.